The van der Waals surface area contributed by atoms with Gasteiger partial charge in [0.1, 0.15) is 5.60 Å². The van der Waals surface area contributed by atoms with Crippen LogP contribution in [0, 0.1) is 5.41 Å². The molecule has 1 unspecified atom stereocenters. The van der Waals surface area contributed by atoms with Crippen molar-refractivity contribution in [2.45, 2.75) is 58.6 Å². The largest absolute Gasteiger partial charge is 0.481 e. The molecule has 1 aromatic rings. The Balaban J connectivity index is 2.30. The first-order valence-corrected chi connectivity index (χ1v) is 7.11. The topological polar surface area (TPSA) is 90.1 Å². The lowest BCUT2D eigenvalue weighted by Crippen LogP contribution is -2.37. The van der Waals surface area contributed by atoms with E-state index in [2.05, 4.69) is 15.5 Å². The molecule has 2 heterocycles. The molecular weight excluding hydrogens is 260 g/mol. The summed E-state index contributed by atoms with van der Waals surface area (Å²) in [4.78, 5) is 11.6. The lowest BCUT2D eigenvalue weighted by molar-refractivity contribution is -0.150. The van der Waals surface area contributed by atoms with Crippen molar-refractivity contribution >= 4 is 5.97 Å². The van der Waals surface area contributed by atoms with E-state index in [9.17, 15) is 9.90 Å². The first-order chi connectivity index (χ1) is 9.47. The summed E-state index contributed by atoms with van der Waals surface area (Å²) in [6.45, 7) is 6.69. The smallest absolute Gasteiger partial charge is 0.311 e. The zero-order valence-corrected chi connectivity index (χ0v) is 12.3. The Hall–Kier alpha value is -1.50. The summed E-state index contributed by atoms with van der Waals surface area (Å²) in [6.07, 6.45) is 2.89. The van der Waals surface area contributed by atoms with Gasteiger partial charge in [-0.05, 0) is 43.0 Å². The molecule has 0 radical (unpaired) electrons. The molecule has 1 atom stereocenters. The molecule has 1 N–H and O–H groups in total. The van der Waals surface area contributed by atoms with Crippen LogP contribution in [-0.4, -0.2) is 37.9 Å². The monoisotopic (exact) mass is 282 g/mol. The molecule has 2 rings (SSSR count). The maximum absolute atomic E-state index is 11.6. The maximum atomic E-state index is 11.6. The van der Waals surface area contributed by atoms with Gasteiger partial charge in [0.25, 0.3) is 0 Å². The number of rotatable bonds is 6. The van der Waals surface area contributed by atoms with E-state index < -0.39 is 17.0 Å². The predicted octanol–water partition coefficient (Wildman–Crippen LogP) is 1.59. The summed E-state index contributed by atoms with van der Waals surface area (Å²) in [5.41, 5.74) is -1.34. The van der Waals surface area contributed by atoms with Crippen molar-refractivity contribution in [3.8, 4) is 0 Å². The molecule has 0 amide bonds. The second-order valence-corrected chi connectivity index (χ2v) is 5.64. The highest BCUT2D eigenvalue weighted by Gasteiger charge is 2.41. The number of carboxylic acids is 1. The minimum absolute atomic E-state index is 0.274. The fraction of sp³-hybridized carbons (Fsp3) is 0.846. The van der Waals surface area contributed by atoms with Gasteiger partial charge in [-0.25, -0.2) is 4.68 Å². The summed E-state index contributed by atoms with van der Waals surface area (Å²) < 4.78 is 7.36. The third kappa shape index (κ3) is 2.42. The van der Waals surface area contributed by atoms with Crippen LogP contribution in [0.3, 0.4) is 0 Å². The molecule has 1 aliphatic heterocycles. The van der Waals surface area contributed by atoms with Crippen molar-refractivity contribution in [3.05, 3.63) is 5.82 Å². The van der Waals surface area contributed by atoms with Gasteiger partial charge in [0, 0.05) is 6.61 Å². The van der Waals surface area contributed by atoms with Crippen LogP contribution < -0.4 is 0 Å². The summed E-state index contributed by atoms with van der Waals surface area (Å²) >= 11 is 0. The fourth-order valence-electron chi connectivity index (χ4n) is 2.78. The zero-order chi connectivity index (χ0) is 14.8. The van der Waals surface area contributed by atoms with Gasteiger partial charge in [-0.15, -0.1) is 5.10 Å². The molecule has 1 fully saturated rings. The summed E-state index contributed by atoms with van der Waals surface area (Å²) in [6, 6.07) is 0. The molecular formula is C13H22N4O3. The van der Waals surface area contributed by atoms with Crippen molar-refractivity contribution in [1.82, 2.24) is 20.2 Å². The third-order valence-corrected chi connectivity index (χ3v) is 4.48. The van der Waals surface area contributed by atoms with E-state index in [1.807, 2.05) is 20.8 Å². The van der Waals surface area contributed by atoms with Gasteiger partial charge < -0.3 is 9.84 Å². The maximum Gasteiger partial charge on any atom is 0.311 e. The van der Waals surface area contributed by atoms with E-state index in [-0.39, 0.29) is 6.54 Å². The van der Waals surface area contributed by atoms with E-state index in [1.54, 1.807) is 4.68 Å². The van der Waals surface area contributed by atoms with Crippen LogP contribution >= 0.6 is 0 Å². The Morgan fingerprint density at radius 1 is 1.50 bits per heavy atom. The minimum atomic E-state index is -0.834. The molecule has 1 saturated heterocycles. The fourth-order valence-corrected chi connectivity index (χ4v) is 2.78. The van der Waals surface area contributed by atoms with Gasteiger partial charge in [0.05, 0.1) is 12.0 Å². The number of carboxylic acid groups (broad SMARTS) is 1. The highest BCUT2D eigenvalue weighted by atomic mass is 16.5. The molecule has 1 aromatic heterocycles. The van der Waals surface area contributed by atoms with Crippen molar-refractivity contribution < 1.29 is 14.6 Å². The van der Waals surface area contributed by atoms with Gasteiger partial charge in [-0.3, -0.25) is 4.79 Å². The summed E-state index contributed by atoms with van der Waals surface area (Å²) in [5, 5.41) is 21.3. The first-order valence-electron chi connectivity index (χ1n) is 7.11. The first kappa shape index (κ1) is 14.9. The number of tetrazole rings is 1. The molecule has 7 nitrogen and oxygen atoms in total. The Morgan fingerprint density at radius 2 is 2.20 bits per heavy atom. The highest BCUT2D eigenvalue weighted by Crippen LogP contribution is 2.36. The quantitative estimate of drug-likeness (QED) is 0.852. The SMILES string of the molecule is CCC(CC)(Cn1nnnc1C1(C)CCCO1)C(=O)O. The summed E-state index contributed by atoms with van der Waals surface area (Å²) in [5.74, 6) is -0.177. The second-order valence-electron chi connectivity index (χ2n) is 5.64. The molecule has 0 saturated carbocycles. The van der Waals surface area contributed by atoms with Crippen LogP contribution in [0.2, 0.25) is 0 Å². The molecule has 1 aliphatic rings. The van der Waals surface area contributed by atoms with Crippen LogP contribution in [0.15, 0.2) is 0 Å². The minimum Gasteiger partial charge on any atom is -0.481 e. The third-order valence-electron chi connectivity index (χ3n) is 4.48. The van der Waals surface area contributed by atoms with Crippen LogP contribution in [0.5, 0.6) is 0 Å². The standard InChI is InChI=1S/C13H22N4O3/c1-4-13(5-2,11(18)19)9-17-10(14-15-16-17)12(3)7-6-8-20-12/h4-9H2,1-3H3,(H,18,19). The molecule has 7 heteroatoms. The molecule has 112 valence electrons. The van der Waals surface area contributed by atoms with Crippen LogP contribution in [0.4, 0.5) is 0 Å². The van der Waals surface area contributed by atoms with E-state index in [0.717, 1.165) is 12.8 Å². The molecule has 0 aliphatic carbocycles. The molecule has 0 aromatic carbocycles. The average molecular weight is 282 g/mol. The number of hydrogen-bond acceptors (Lipinski definition) is 5. The lowest BCUT2D eigenvalue weighted by Gasteiger charge is -2.28. The van der Waals surface area contributed by atoms with Gasteiger partial charge in [0.2, 0.25) is 0 Å². The number of nitrogens with zero attached hydrogens (tertiary/aromatic N) is 4. The molecule has 0 bridgehead atoms. The molecule has 20 heavy (non-hydrogen) atoms. The average Bonchev–Trinajstić information content (AvgIpc) is 3.05. The Morgan fingerprint density at radius 3 is 2.70 bits per heavy atom. The second kappa shape index (κ2) is 5.47. The van der Waals surface area contributed by atoms with E-state index in [0.29, 0.717) is 25.3 Å². The Kier molecular flexibility index (Phi) is 4.08. The summed E-state index contributed by atoms with van der Waals surface area (Å²) in [7, 11) is 0. The highest BCUT2D eigenvalue weighted by molar-refractivity contribution is 5.74. The van der Waals surface area contributed by atoms with E-state index in [4.69, 9.17) is 4.74 Å². The van der Waals surface area contributed by atoms with Gasteiger partial charge >= 0.3 is 5.97 Å². The van der Waals surface area contributed by atoms with Gasteiger partial charge in [0.15, 0.2) is 5.82 Å². The van der Waals surface area contributed by atoms with Crippen molar-refractivity contribution in [2.75, 3.05) is 6.61 Å². The van der Waals surface area contributed by atoms with E-state index >= 15 is 0 Å². The van der Waals surface area contributed by atoms with Crippen LogP contribution in [-0.2, 0) is 21.7 Å². The van der Waals surface area contributed by atoms with Crippen LogP contribution in [0.25, 0.3) is 0 Å². The Labute approximate surface area is 118 Å². The number of carbonyl (C=O) groups is 1. The Bertz CT molecular complexity index is 476. The van der Waals surface area contributed by atoms with E-state index in [1.165, 1.54) is 0 Å². The normalized spacial score (nSPS) is 23.1. The zero-order valence-electron chi connectivity index (χ0n) is 12.3. The van der Waals surface area contributed by atoms with Crippen molar-refractivity contribution in [3.63, 3.8) is 0 Å². The number of hydrogen-bond donors (Lipinski definition) is 1. The lowest BCUT2D eigenvalue weighted by atomic mass is 9.82. The van der Waals surface area contributed by atoms with Crippen molar-refractivity contribution in [1.29, 1.82) is 0 Å². The van der Waals surface area contributed by atoms with Gasteiger partial charge in [-0.2, -0.15) is 0 Å². The predicted molar refractivity (Wildman–Crippen MR) is 71.0 cm³/mol. The molecule has 0 spiro atoms. The van der Waals surface area contributed by atoms with Gasteiger partial charge in [-0.1, -0.05) is 13.8 Å². The number of ether oxygens (including phenoxy) is 1. The number of aromatic nitrogens is 4. The van der Waals surface area contributed by atoms with Crippen LogP contribution in [0.1, 0.15) is 52.3 Å². The van der Waals surface area contributed by atoms with Crippen molar-refractivity contribution in [2.24, 2.45) is 5.41 Å². The number of aliphatic carboxylic acids is 1.